The van der Waals surface area contributed by atoms with E-state index in [0.717, 1.165) is 15.5 Å². The second-order valence-corrected chi connectivity index (χ2v) is 8.36. The second-order valence-electron chi connectivity index (χ2n) is 7.95. The zero-order valence-electron chi connectivity index (χ0n) is 19.0. The lowest BCUT2D eigenvalue weighted by Gasteiger charge is -2.28. The first-order valence-electron chi connectivity index (χ1n) is 10.8. The van der Waals surface area contributed by atoms with E-state index in [0.29, 0.717) is 17.0 Å². The summed E-state index contributed by atoms with van der Waals surface area (Å²) in [4.78, 5) is 53.8. The van der Waals surface area contributed by atoms with Gasteiger partial charge in [-0.2, -0.15) is 0 Å². The van der Waals surface area contributed by atoms with Crippen LogP contribution in [0.3, 0.4) is 0 Å². The average Bonchev–Trinajstić information content (AvgIpc) is 3.15. The topological polar surface area (TPSA) is 96.0 Å². The number of nitrogens with one attached hydrogen (secondary N) is 1. The van der Waals surface area contributed by atoms with Crippen LogP contribution in [0.1, 0.15) is 32.7 Å². The highest BCUT2D eigenvalue weighted by Gasteiger charge is 2.45. The van der Waals surface area contributed by atoms with Crippen molar-refractivity contribution in [2.24, 2.45) is 0 Å². The molecule has 0 saturated carbocycles. The number of rotatable bonds is 5. The number of aryl methyl sites for hydroxylation is 1. The fraction of sp³-hybridized carbons (Fsp3) is 0.154. The number of hydrazine groups is 1. The monoisotopic (exact) mass is 491 g/mol. The van der Waals surface area contributed by atoms with Gasteiger partial charge < -0.3 is 4.74 Å². The summed E-state index contributed by atoms with van der Waals surface area (Å²) in [5.41, 5.74) is 4.10. The van der Waals surface area contributed by atoms with Gasteiger partial charge in [0.2, 0.25) is 5.91 Å². The summed E-state index contributed by atoms with van der Waals surface area (Å²) in [5.74, 6) is -1.90. The smallest absolute Gasteiger partial charge is 0.274 e. The molecule has 1 heterocycles. The van der Waals surface area contributed by atoms with Gasteiger partial charge in [0.1, 0.15) is 11.8 Å². The summed E-state index contributed by atoms with van der Waals surface area (Å²) in [6.07, 6.45) is -0.310. The molecule has 0 aliphatic carbocycles. The second kappa shape index (κ2) is 9.99. The number of nitrogens with zero attached hydrogens (tertiary/aromatic N) is 2. The Morgan fingerprint density at radius 3 is 2.40 bits per heavy atom. The SMILES string of the molecule is COc1ccc(N2C(=O)CC(N(NC(=O)c3cccc(C)c3)C(=O)c3ccccc3Cl)C2=O)cc1. The Bertz CT molecular complexity index is 1310. The molecule has 8 nitrogen and oxygen atoms in total. The van der Waals surface area contributed by atoms with Crippen molar-refractivity contribution >= 4 is 40.9 Å². The molecule has 4 rings (SSSR count). The lowest BCUT2D eigenvalue weighted by molar-refractivity contribution is -0.122. The van der Waals surface area contributed by atoms with Gasteiger partial charge in [-0.3, -0.25) is 24.6 Å². The van der Waals surface area contributed by atoms with Gasteiger partial charge in [-0.1, -0.05) is 41.4 Å². The first kappa shape index (κ1) is 24.0. The number of anilines is 1. The maximum atomic E-state index is 13.5. The number of halogens is 1. The number of hydrogen-bond acceptors (Lipinski definition) is 5. The van der Waals surface area contributed by atoms with Crippen LogP contribution in [-0.2, 0) is 9.59 Å². The maximum absolute atomic E-state index is 13.5. The van der Waals surface area contributed by atoms with E-state index >= 15 is 0 Å². The summed E-state index contributed by atoms with van der Waals surface area (Å²) in [6.45, 7) is 1.83. The molecule has 1 saturated heterocycles. The molecule has 0 bridgehead atoms. The van der Waals surface area contributed by atoms with Crippen molar-refractivity contribution in [2.75, 3.05) is 12.0 Å². The largest absolute Gasteiger partial charge is 0.497 e. The molecule has 9 heteroatoms. The molecule has 178 valence electrons. The number of carbonyl (C=O) groups is 4. The summed E-state index contributed by atoms with van der Waals surface area (Å²) in [5, 5.41) is 1.05. The summed E-state index contributed by atoms with van der Waals surface area (Å²) in [6, 6.07) is 18.2. The highest BCUT2D eigenvalue weighted by molar-refractivity contribution is 6.34. The van der Waals surface area contributed by atoms with Crippen molar-refractivity contribution in [3.05, 3.63) is 94.5 Å². The standard InChI is InChI=1S/C26H22ClN3O5/c1-16-6-5-7-17(14-16)24(32)28-30(25(33)20-8-3-4-9-21(20)27)22-15-23(31)29(26(22)34)18-10-12-19(35-2)13-11-18/h3-14,22H,15H2,1-2H3,(H,28,32). The minimum atomic E-state index is -1.26. The summed E-state index contributed by atoms with van der Waals surface area (Å²) in [7, 11) is 1.51. The third kappa shape index (κ3) is 4.88. The van der Waals surface area contributed by atoms with Crippen molar-refractivity contribution in [1.82, 2.24) is 10.4 Å². The Hall–Kier alpha value is -4.17. The van der Waals surface area contributed by atoms with Gasteiger partial charge in [-0.05, 0) is 55.5 Å². The highest BCUT2D eigenvalue weighted by Crippen LogP contribution is 2.28. The maximum Gasteiger partial charge on any atom is 0.274 e. The minimum Gasteiger partial charge on any atom is -0.497 e. The Balaban J connectivity index is 1.69. The van der Waals surface area contributed by atoms with Gasteiger partial charge in [-0.25, -0.2) is 9.91 Å². The number of ether oxygens (including phenoxy) is 1. The summed E-state index contributed by atoms with van der Waals surface area (Å²) < 4.78 is 5.13. The molecule has 1 atom stereocenters. The van der Waals surface area contributed by atoms with Gasteiger partial charge >= 0.3 is 0 Å². The van der Waals surface area contributed by atoms with Crippen molar-refractivity contribution in [1.29, 1.82) is 0 Å². The Morgan fingerprint density at radius 2 is 1.74 bits per heavy atom. The van der Waals surface area contributed by atoms with E-state index in [1.165, 1.54) is 19.2 Å². The van der Waals surface area contributed by atoms with Crippen LogP contribution in [0.2, 0.25) is 5.02 Å². The van der Waals surface area contributed by atoms with E-state index in [1.807, 2.05) is 13.0 Å². The highest BCUT2D eigenvalue weighted by atomic mass is 35.5. The minimum absolute atomic E-state index is 0.0851. The van der Waals surface area contributed by atoms with Crippen LogP contribution in [0.4, 0.5) is 5.69 Å². The van der Waals surface area contributed by atoms with Crippen molar-refractivity contribution in [3.63, 3.8) is 0 Å². The van der Waals surface area contributed by atoms with E-state index in [9.17, 15) is 19.2 Å². The predicted octanol–water partition coefficient (Wildman–Crippen LogP) is 3.78. The number of benzene rings is 3. The molecule has 3 aromatic carbocycles. The van der Waals surface area contributed by atoms with Gasteiger partial charge in [0.05, 0.1) is 29.8 Å². The van der Waals surface area contributed by atoms with E-state index < -0.39 is 29.7 Å². The van der Waals surface area contributed by atoms with Crippen LogP contribution in [0, 0.1) is 6.92 Å². The van der Waals surface area contributed by atoms with Gasteiger partial charge in [-0.15, -0.1) is 0 Å². The lowest BCUT2D eigenvalue weighted by Crippen LogP contribution is -2.54. The van der Waals surface area contributed by atoms with E-state index in [-0.39, 0.29) is 17.0 Å². The van der Waals surface area contributed by atoms with Gasteiger partial charge in [0.25, 0.3) is 17.7 Å². The molecule has 0 radical (unpaired) electrons. The molecule has 4 amide bonds. The molecule has 1 aliphatic heterocycles. The zero-order valence-corrected chi connectivity index (χ0v) is 19.8. The first-order valence-corrected chi connectivity index (χ1v) is 11.1. The number of amides is 4. The Kier molecular flexibility index (Phi) is 6.84. The normalized spacial score (nSPS) is 15.2. The first-order chi connectivity index (χ1) is 16.8. The van der Waals surface area contributed by atoms with Crippen LogP contribution in [-0.4, -0.2) is 41.8 Å². The van der Waals surface area contributed by atoms with E-state index in [4.69, 9.17) is 16.3 Å². The van der Waals surface area contributed by atoms with E-state index in [1.54, 1.807) is 54.6 Å². The fourth-order valence-electron chi connectivity index (χ4n) is 3.82. The zero-order chi connectivity index (χ0) is 25.1. The molecule has 1 aliphatic rings. The van der Waals surface area contributed by atoms with Gasteiger partial charge in [0, 0.05) is 5.56 Å². The van der Waals surface area contributed by atoms with Gasteiger partial charge in [0.15, 0.2) is 0 Å². The number of methoxy groups -OCH3 is 1. The van der Waals surface area contributed by atoms with Crippen molar-refractivity contribution in [2.45, 2.75) is 19.4 Å². The molecule has 35 heavy (non-hydrogen) atoms. The quantitative estimate of drug-likeness (QED) is 0.433. The molecule has 1 unspecified atom stereocenters. The number of hydrogen-bond donors (Lipinski definition) is 1. The molecule has 1 fully saturated rings. The molecule has 0 spiro atoms. The predicted molar refractivity (Wildman–Crippen MR) is 130 cm³/mol. The molecular formula is C26H22ClN3O5. The molecular weight excluding hydrogens is 470 g/mol. The number of imide groups is 1. The average molecular weight is 492 g/mol. The Labute approximate surface area is 207 Å². The third-order valence-electron chi connectivity index (χ3n) is 5.59. The molecule has 0 aromatic heterocycles. The Morgan fingerprint density at radius 1 is 1.03 bits per heavy atom. The molecule has 1 N–H and O–H groups in total. The summed E-state index contributed by atoms with van der Waals surface area (Å²) >= 11 is 6.23. The van der Waals surface area contributed by atoms with Crippen LogP contribution in [0.25, 0.3) is 0 Å². The lowest BCUT2D eigenvalue weighted by atomic mass is 10.1. The van der Waals surface area contributed by atoms with Crippen LogP contribution >= 0.6 is 11.6 Å². The third-order valence-corrected chi connectivity index (χ3v) is 5.92. The van der Waals surface area contributed by atoms with Crippen LogP contribution < -0.4 is 15.1 Å². The van der Waals surface area contributed by atoms with E-state index in [2.05, 4.69) is 5.43 Å². The number of carbonyl (C=O) groups excluding carboxylic acids is 4. The van der Waals surface area contributed by atoms with Crippen molar-refractivity contribution < 1.29 is 23.9 Å². The van der Waals surface area contributed by atoms with Crippen LogP contribution in [0.5, 0.6) is 5.75 Å². The van der Waals surface area contributed by atoms with Crippen LogP contribution in [0.15, 0.2) is 72.8 Å². The molecule has 3 aromatic rings. The van der Waals surface area contributed by atoms with Crippen molar-refractivity contribution in [3.8, 4) is 5.75 Å². The fourth-order valence-corrected chi connectivity index (χ4v) is 4.03.